The van der Waals surface area contributed by atoms with Crippen molar-refractivity contribution in [2.75, 3.05) is 13.6 Å². The molecular weight excluding hydrogens is 188 g/mol. The van der Waals surface area contributed by atoms with Gasteiger partial charge in [-0.2, -0.15) is 0 Å². The molecule has 2 nitrogen and oxygen atoms in total. The summed E-state index contributed by atoms with van der Waals surface area (Å²) in [6.45, 7) is 2.36. The summed E-state index contributed by atoms with van der Waals surface area (Å²) in [5.74, 6) is -1.10. The highest BCUT2D eigenvalue weighted by molar-refractivity contribution is 5.25. The summed E-state index contributed by atoms with van der Waals surface area (Å²) in [6, 6.07) is 3.16. The van der Waals surface area contributed by atoms with Gasteiger partial charge >= 0.3 is 0 Å². The Hall–Kier alpha value is -1.16. The molecule has 0 spiro atoms. The van der Waals surface area contributed by atoms with Gasteiger partial charge in [-0.1, -0.05) is 0 Å². The van der Waals surface area contributed by atoms with Gasteiger partial charge in [-0.15, -0.1) is 0 Å². The summed E-state index contributed by atoms with van der Waals surface area (Å²) >= 11 is 0. The summed E-state index contributed by atoms with van der Waals surface area (Å²) in [7, 11) is 1.77. The first-order chi connectivity index (χ1) is 6.63. The van der Waals surface area contributed by atoms with Gasteiger partial charge in [-0.3, -0.25) is 0 Å². The van der Waals surface area contributed by atoms with Gasteiger partial charge in [-0.05, 0) is 26.1 Å². The van der Waals surface area contributed by atoms with Gasteiger partial charge in [0.05, 0.1) is 0 Å². The van der Waals surface area contributed by atoms with Crippen molar-refractivity contribution in [3.8, 4) is 5.75 Å². The van der Waals surface area contributed by atoms with Crippen LogP contribution in [0, 0.1) is 11.6 Å². The number of hydrogen-bond acceptors (Lipinski definition) is 2. The summed E-state index contributed by atoms with van der Waals surface area (Å²) in [5, 5.41) is 2.88. The quantitative estimate of drug-likeness (QED) is 0.804. The lowest BCUT2D eigenvalue weighted by molar-refractivity contribution is 0.210. The van der Waals surface area contributed by atoms with Crippen LogP contribution in [0.15, 0.2) is 18.2 Å². The van der Waals surface area contributed by atoms with Crippen LogP contribution in [0.2, 0.25) is 0 Å². The van der Waals surface area contributed by atoms with Crippen LogP contribution in [0.1, 0.15) is 6.92 Å². The van der Waals surface area contributed by atoms with Crippen LogP contribution in [-0.4, -0.2) is 19.7 Å². The number of halogens is 2. The monoisotopic (exact) mass is 201 g/mol. The zero-order valence-corrected chi connectivity index (χ0v) is 8.18. The number of hydrogen-bond donors (Lipinski definition) is 1. The highest BCUT2D eigenvalue weighted by atomic mass is 19.1. The SMILES string of the molecule is CNCC(C)Oc1cc(F)ccc1F. The molecule has 0 saturated carbocycles. The second kappa shape index (κ2) is 4.91. The maximum atomic E-state index is 13.1. The maximum Gasteiger partial charge on any atom is 0.165 e. The highest BCUT2D eigenvalue weighted by Gasteiger charge is 2.08. The van der Waals surface area contributed by atoms with Gasteiger partial charge in [0.2, 0.25) is 0 Å². The fourth-order valence-corrected chi connectivity index (χ4v) is 1.11. The number of likely N-dealkylation sites (N-methyl/N-ethyl adjacent to an activating group) is 1. The first-order valence-electron chi connectivity index (χ1n) is 4.39. The molecule has 0 aliphatic carbocycles. The standard InChI is InChI=1S/C10H13F2NO/c1-7(6-13-2)14-10-5-8(11)3-4-9(10)12/h3-5,7,13H,6H2,1-2H3. The fraction of sp³-hybridized carbons (Fsp3) is 0.400. The molecule has 0 amide bonds. The van der Waals surface area contributed by atoms with Crippen LogP contribution < -0.4 is 10.1 Å². The molecule has 1 unspecified atom stereocenters. The normalized spacial score (nSPS) is 12.6. The minimum absolute atomic E-state index is 0.0484. The Morgan fingerprint density at radius 3 is 2.79 bits per heavy atom. The number of benzene rings is 1. The first-order valence-corrected chi connectivity index (χ1v) is 4.39. The second-order valence-electron chi connectivity index (χ2n) is 3.06. The molecule has 0 aliphatic heterocycles. The topological polar surface area (TPSA) is 21.3 Å². The highest BCUT2D eigenvalue weighted by Crippen LogP contribution is 2.18. The van der Waals surface area contributed by atoms with E-state index in [1.807, 2.05) is 0 Å². The Bertz CT molecular complexity index is 304. The van der Waals surface area contributed by atoms with E-state index in [2.05, 4.69) is 5.32 Å². The third kappa shape index (κ3) is 2.96. The second-order valence-corrected chi connectivity index (χ2v) is 3.06. The third-order valence-electron chi connectivity index (χ3n) is 1.71. The number of nitrogens with one attached hydrogen (secondary N) is 1. The van der Waals surface area contributed by atoms with Crippen LogP contribution in [0.4, 0.5) is 8.78 Å². The predicted octanol–water partition coefficient (Wildman–Crippen LogP) is 1.95. The molecule has 1 rings (SSSR count). The van der Waals surface area contributed by atoms with Gasteiger partial charge in [-0.25, -0.2) is 8.78 Å². The van der Waals surface area contributed by atoms with Crippen LogP contribution >= 0.6 is 0 Å². The summed E-state index contributed by atoms with van der Waals surface area (Å²) < 4.78 is 31.0. The molecule has 0 bridgehead atoms. The molecule has 0 aromatic heterocycles. The van der Waals surface area contributed by atoms with E-state index in [1.54, 1.807) is 14.0 Å². The van der Waals surface area contributed by atoms with E-state index in [4.69, 9.17) is 4.74 Å². The molecule has 0 fully saturated rings. The van der Waals surface area contributed by atoms with E-state index in [0.717, 1.165) is 18.2 Å². The molecule has 1 N–H and O–H groups in total. The molecule has 0 aliphatic rings. The van der Waals surface area contributed by atoms with Crippen molar-refractivity contribution in [3.05, 3.63) is 29.8 Å². The van der Waals surface area contributed by atoms with Crippen LogP contribution in [0.25, 0.3) is 0 Å². The molecule has 1 atom stereocenters. The number of rotatable bonds is 4. The predicted molar refractivity (Wildman–Crippen MR) is 50.4 cm³/mol. The lowest BCUT2D eigenvalue weighted by Gasteiger charge is -2.14. The van der Waals surface area contributed by atoms with Crippen molar-refractivity contribution in [1.29, 1.82) is 0 Å². The van der Waals surface area contributed by atoms with Crippen molar-refractivity contribution < 1.29 is 13.5 Å². The molecule has 4 heteroatoms. The Kier molecular flexibility index (Phi) is 3.83. The molecule has 1 aromatic carbocycles. The van der Waals surface area contributed by atoms with Crippen LogP contribution in [0.3, 0.4) is 0 Å². The third-order valence-corrected chi connectivity index (χ3v) is 1.71. The molecule has 1 aromatic rings. The van der Waals surface area contributed by atoms with Gasteiger partial charge in [0.25, 0.3) is 0 Å². The van der Waals surface area contributed by atoms with E-state index in [-0.39, 0.29) is 11.9 Å². The zero-order valence-electron chi connectivity index (χ0n) is 8.18. The minimum atomic E-state index is -0.547. The molecule has 0 heterocycles. The Balaban J connectivity index is 2.70. The number of ether oxygens (including phenoxy) is 1. The molecule has 78 valence electrons. The summed E-state index contributed by atoms with van der Waals surface area (Å²) in [6.07, 6.45) is -0.198. The van der Waals surface area contributed by atoms with Crippen molar-refractivity contribution in [2.24, 2.45) is 0 Å². The Morgan fingerprint density at radius 1 is 1.43 bits per heavy atom. The Labute approximate surface area is 81.9 Å². The Morgan fingerprint density at radius 2 is 2.14 bits per heavy atom. The van der Waals surface area contributed by atoms with Crippen molar-refractivity contribution in [2.45, 2.75) is 13.0 Å². The smallest absolute Gasteiger partial charge is 0.165 e. The maximum absolute atomic E-state index is 13.1. The summed E-state index contributed by atoms with van der Waals surface area (Å²) in [4.78, 5) is 0. The van der Waals surface area contributed by atoms with Crippen LogP contribution in [-0.2, 0) is 0 Å². The summed E-state index contributed by atoms with van der Waals surface area (Å²) in [5.41, 5.74) is 0. The lowest BCUT2D eigenvalue weighted by Crippen LogP contribution is -2.26. The van der Waals surface area contributed by atoms with Crippen LogP contribution in [0.5, 0.6) is 5.75 Å². The zero-order chi connectivity index (χ0) is 10.6. The van der Waals surface area contributed by atoms with E-state index in [0.29, 0.717) is 6.54 Å². The fourth-order valence-electron chi connectivity index (χ4n) is 1.11. The van der Waals surface area contributed by atoms with E-state index < -0.39 is 11.6 Å². The average molecular weight is 201 g/mol. The van der Waals surface area contributed by atoms with Gasteiger partial charge < -0.3 is 10.1 Å². The van der Waals surface area contributed by atoms with Crippen molar-refractivity contribution >= 4 is 0 Å². The molecule has 14 heavy (non-hydrogen) atoms. The largest absolute Gasteiger partial charge is 0.486 e. The van der Waals surface area contributed by atoms with E-state index in [9.17, 15) is 8.78 Å². The first kappa shape index (κ1) is 10.9. The minimum Gasteiger partial charge on any atom is -0.486 e. The molecule has 0 saturated heterocycles. The van der Waals surface area contributed by atoms with Gasteiger partial charge in [0, 0.05) is 12.6 Å². The van der Waals surface area contributed by atoms with Crippen molar-refractivity contribution in [3.63, 3.8) is 0 Å². The van der Waals surface area contributed by atoms with Gasteiger partial charge in [0.1, 0.15) is 11.9 Å². The van der Waals surface area contributed by atoms with Crippen molar-refractivity contribution in [1.82, 2.24) is 5.32 Å². The average Bonchev–Trinajstić information content (AvgIpc) is 2.12. The van der Waals surface area contributed by atoms with Gasteiger partial charge in [0.15, 0.2) is 11.6 Å². The van der Waals surface area contributed by atoms with E-state index in [1.165, 1.54) is 0 Å². The van der Waals surface area contributed by atoms with E-state index >= 15 is 0 Å². The molecule has 0 radical (unpaired) electrons. The lowest BCUT2D eigenvalue weighted by atomic mass is 10.3. The molecular formula is C10H13F2NO.